The van der Waals surface area contributed by atoms with Crippen LogP contribution in [0.1, 0.15) is 45.1 Å². The first-order valence-electron chi connectivity index (χ1n) is 11.4. The summed E-state index contributed by atoms with van der Waals surface area (Å²) in [5, 5.41) is 26.8. The Morgan fingerprint density at radius 3 is 2.09 bits per heavy atom. The van der Waals surface area contributed by atoms with Crippen molar-refractivity contribution in [1.29, 1.82) is 0 Å². The number of hydrogen-bond acceptors (Lipinski definition) is 7. The predicted molar refractivity (Wildman–Crippen MR) is 127 cm³/mol. The second-order valence-corrected chi connectivity index (χ2v) is 8.25. The Balaban J connectivity index is 3.00. The summed E-state index contributed by atoms with van der Waals surface area (Å²) in [7, 11) is 0. The lowest BCUT2D eigenvalue weighted by atomic mass is 9.97. The monoisotopic (exact) mass is 479 g/mol. The minimum atomic E-state index is -1.24. The van der Waals surface area contributed by atoms with Gasteiger partial charge in [0.15, 0.2) is 0 Å². The van der Waals surface area contributed by atoms with Gasteiger partial charge in [0.2, 0.25) is 17.7 Å². The molecular formula is C23H37N5O6. The highest BCUT2D eigenvalue weighted by Gasteiger charge is 2.31. The molecule has 9 N–H and O–H groups in total. The van der Waals surface area contributed by atoms with E-state index in [1.165, 1.54) is 12.1 Å². The summed E-state index contributed by atoms with van der Waals surface area (Å²) in [6, 6.07) is 2.84. The number of amides is 3. The minimum Gasteiger partial charge on any atom is -0.508 e. The van der Waals surface area contributed by atoms with Crippen molar-refractivity contribution in [3.05, 3.63) is 29.8 Å². The minimum absolute atomic E-state index is 0.00707. The molecule has 34 heavy (non-hydrogen) atoms. The van der Waals surface area contributed by atoms with Crippen molar-refractivity contribution >= 4 is 23.7 Å². The Morgan fingerprint density at radius 2 is 1.56 bits per heavy atom. The van der Waals surface area contributed by atoms with Crippen LogP contribution in [0.5, 0.6) is 5.75 Å². The van der Waals surface area contributed by atoms with Crippen molar-refractivity contribution in [3.63, 3.8) is 0 Å². The van der Waals surface area contributed by atoms with Gasteiger partial charge in [-0.3, -0.25) is 14.4 Å². The lowest BCUT2D eigenvalue weighted by molar-refractivity contribution is -0.142. The van der Waals surface area contributed by atoms with Gasteiger partial charge in [0.05, 0.1) is 6.54 Å². The number of benzene rings is 1. The number of carbonyl (C=O) groups is 4. The first-order chi connectivity index (χ1) is 16.1. The number of nitrogens with two attached hydrogens (primary N) is 2. The van der Waals surface area contributed by atoms with Crippen LogP contribution in [0.25, 0.3) is 0 Å². The molecule has 11 nitrogen and oxygen atoms in total. The van der Waals surface area contributed by atoms with Crippen molar-refractivity contribution in [2.24, 2.45) is 17.4 Å². The predicted octanol–water partition coefficient (Wildman–Crippen LogP) is -0.392. The van der Waals surface area contributed by atoms with E-state index in [4.69, 9.17) is 11.5 Å². The fraction of sp³-hybridized carbons (Fsp3) is 0.565. The molecule has 1 aromatic carbocycles. The zero-order chi connectivity index (χ0) is 25.7. The van der Waals surface area contributed by atoms with Gasteiger partial charge >= 0.3 is 5.97 Å². The number of hydrogen-bond donors (Lipinski definition) is 7. The van der Waals surface area contributed by atoms with E-state index in [0.29, 0.717) is 31.4 Å². The summed E-state index contributed by atoms with van der Waals surface area (Å²) in [4.78, 5) is 49.6. The molecule has 1 rings (SSSR count). The molecule has 190 valence electrons. The number of nitrogens with one attached hydrogen (secondary N) is 3. The standard InChI is InChI=1S/C23H37N5O6/c1-3-14(2)20(28-19(30)13-25)22(32)26-17(6-4-5-11-24)21(31)27-18(23(33)34)12-15-7-9-16(29)10-8-15/h7-10,14,17-18,20,29H,3-6,11-13,24-25H2,1-2H3,(H,26,32)(H,27,31)(H,28,30)(H,33,34). The topological polar surface area (TPSA) is 197 Å². The zero-order valence-electron chi connectivity index (χ0n) is 19.8. The maximum absolute atomic E-state index is 13.0. The van der Waals surface area contributed by atoms with Gasteiger partial charge in [-0.15, -0.1) is 0 Å². The highest BCUT2D eigenvalue weighted by atomic mass is 16.4. The van der Waals surface area contributed by atoms with E-state index in [1.54, 1.807) is 19.1 Å². The molecule has 0 saturated heterocycles. The van der Waals surface area contributed by atoms with Crippen LogP contribution in [0.3, 0.4) is 0 Å². The Hall–Kier alpha value is -3.18. The molecule has 11 heteroatoms. The number of unbranched alkanes of at least 4 members (excludes halogenated alkanes) is 1. The van der Waals surface area contributed by atoms with Crippen molar-refractivity contribution in [2.75, 3.05) is 13.1 Å². The van der Waals surface area contributed by atoms with Crippen LogP contribution in [0.2, 0.25) is 0 Å². The summed E-state index contributed by atoms with van der Waals surface area (Å²) in [6.45, 7) is 3.79. The molecule has 0 aromatic heterocycles. The largest absolute Gasteiger partial charge is 0.508 e. The zero-order valence-corrected chi connectivity index (χ0v) is 19.8. The summed E-state index contributed by atoms with van der Waals surface area (Å²) >= 11 is 0. The number of aromatic hydroxyl groups is 1. The van der Waals surface area contributed by atoms with Crippen molar-refractivity contribution in [3.8, 4) is 5.75 Å². The summed E-state index contributed by atoms with van der Waals surface area (Å²) in [5.41, 5.74) is 11.5. The van der Waals surface area contributed by atoms with E-state index in [9.17, 15) is 29.4 Å². The molecule has 0 fully saturated rings. The van der Waals surface area contributed by atoms with Gasteiger partial charge in [-0.05, 0) is 49.4 Å². The van der Waals surface area contributed by atoms with Gasteiger partial charge in [0.25, 0.3) is 0 Å². The van der Waals surface area contributed by atoms with Crippen LogP contribution in [0, 0.1) is 5.92 Å². The maximum atomic E-state index is 13.0. The molecule has 1 aromatic rings. The van der Waals surface area contributed by atoms with E-state index in [1.807, 2.05) is 6.92 Å². The smallest absolute Gasteiger partial charge is 0.326 e. The highest BCUT2D eigenvalue weighted by Crippen LogP contribution is 2.13. The van der Waals surface area contributed by atoms with Gasteiger partial charge in [0.1, 0.15) is 23.9 Å². The molecule has 0 aliphatic heterocycles. The summed E-state index contributed by atoms with van der Waals surface area (Å²) in [5.74, 6) is -3.10. The average molecular weight is 480 g/mol. The van der Waals surface area contributed by atoms with Crippen LogP contribution in [0.4, 0.5) is 0 Å². The summed E-state index contributed by atoms with van der Waals surface area (Å²) in [6.07, 6.45) is 1.99. The third-order valence-corrected chi connectivity index (χ3v) is 5.57. The normalized spacial score (nSPS) is 14.4. The molecule has 0 aliphatic rings. The van der Waals surface area contributed by atoms with Gasteiger partial charge in [-0.25, -0.2) is 4.79 Å². The molecule has 0 aliphatic carbocycles. The van der Waals surface area contributed by atoms with Crippen LogP contribution in [-0.2, 0) is 25.6 Å². The lowest BCUT2D eigenvalue weighted by Gasteiger charge is -2.27. The Bertz CT molecular complexity index is 817. The third kappa shape index (κ3) is 9.75. The molecular weight excluding hydrogens is 442 g/mol. The Labute approximate surface area is 199 Å². The highest BCUT2D eigenvalue weighted by molar-refractivity contribution is 5.93. The van der Waals surface area contributed by atoms with E-state index in [2.05, 4.69) is 16.0 Å². The Kier molecular flexibility index (Phi) is 12.6. The van der Waals surface area contributed by atoms with Crippen LogP contribution in [-0.4, -0.2) is 65.1 Å². The quantitative estimate of drug-likeness (QED) is 0.165. The fourth-order valence-electron chi connectivity index (χ4n) is 3.30. The second kappa shape index (κ2) is 14.9. The van der Waals surface area contributed by atoms with Gasteiger partial charge in [-0.1, -0.05) is 32.4 Å². The first-order valence-corrected chi connectivity index (χ1v) is 11.4. The third-order valence-electron chi connectivity index (χ3n) is 5.57. The lowest BCUT2D eigenvalue weighted by Crippen LogP contribution is -2.57. The number of rotatable bonds is 15. The summed E-state index contributed by atoms with van der Waals surface area (Å²) < 4.78 is 0. The van der Waals surface area contributed by atoms with Crippen LogP contribution >= 0.6 is 0 Å². The molecule has 0 spiro atoms. The molecule has 0 saturated carbocycles. The Morgan fingerprint density at radius 1 is 0.941 bits per heavy atom. The number of carbonyl (C=O) groups excluding carboxylic acids is 3. The SMILES string of the molecule is CCC(C)C(NC(=O)CN)C(=O)NC(CCCCN)C(=O)NC(Cc1ccc(O)cc1)C(=O)O. The molecule has 0 radical (unpaired) electrons. The van der Waals surface area contributed by atoms with Crippen molar-refractivity contribution in [2.45, 2.75) is 64.1 Å². The number of carboxylic acid groups (broad SMARTS) is 1. The van der Waals surface area contributed by atoms with Gasteiger partial charge < -0.3 is 37.6 Å². The second-order valence-electron chi connectivity index (χ2n) is 8.25. The first kappa shape index (κ1) is 28.9. The molecule has 3 amide bonds. The van der Waals surface area contributed by atoms with Crippen molar-refractivity contribution < 1.29 is 29.4 Å². The van der Waals surface area contributed by atoms with E-state index in [-0.39, 0.29) is 31.1 Å². The van der Waals surface area contributed by atoms with Crippen LogP contribution in [0.15, 0.2) is 24.3 Å². The number of phenols is 1. The fourth-order valence-corrected chi connectivity index (χ4v) is 3.30. The molecule has 0 heterocycles. The van der Waals surface area contributed by atoms with Crippen molar-refractivity contribution in [1.82, 2.24) is 16.0 Å². The van der Waals surface area contributed by atoms with Gasteiger partial charge in [-0.2, -0.15) is 0 Å². The number of phenolic OH excluding ortho intramolecular Hbond substituents is 1. The van der Waals surface area contributed by atoms with E-state index in [0.717, 1.165) is 0 Å². The molecule has 0 bridgehead atoms. The number of aliphatic carboxylic acids is 1. The molecule has 4 atom stereocenters. The van der Waals surface area contributed by atoms with E-state index < -0.39 is 41.8 Å². The average Bonchev–Trinajstić information content (AvgIpc) is 2.81. The van der Waals surface area contributed by atoms with Gasteiger partial charge in [0, 0.05) is 6.42 Å². The maximum Gasteiger partial charge on any atom is 0.326 e. The molecule has 4 unspecified atom stereocenters. The van der Waals surface area contributed by atoms with E-state index >= 15 is 0 Å². The number of carboxylic acids is 1. The van der Waals surface area contributed by atoms with Crippen LogP contribution < -0.4 is 27.4 Å².